The SMILES string of the molecule is CC(C)CN(Cc1cccn1C)C(=O)CN(C(=O)c1ccc(Cl)cc1Cl)C(C)C. The normalized spacial score (nSPS) is 11.2. The first-order valence-corrected chi connectivity index (χ1v) is 10.5. The van der Waals surface area contributed by atoms with Gasteiger partial charge in [0.05, 0.1) is 17.1 Å². The van der Waals surface area contributed by atoms with E-state index in [4.69, 9.17) is 23.2 Å². The molecule has 5 nitrogen and oxygen atoms in total. The number of carbonyl (C=O) groups is 2. The zero-order chi connectivity index (χ0) is 21.7. The topological polar surface area (TPSA) is 45.6 Å². The molecule has 0 radical (unpaired) electrons. The summed E-state index contributed by atoms with van der Waals surface area (Å²) in [5.74, 6) is -0.0569. The Hall–Kier alpha value is -1.98. The molecule has 1 aromatic heterocycles. The number of amides is 2. The van der Waals surface area contributed by atoms with Crippen molar-refractivity contribution in [1.82, 2.24) is 14.4 Å². The van der Waals surface area contributed by atoms with E-state index >= 15 is 0 Å². The van der Waals surface area contributed by atoms with Crippen molar-refractivity contribution in [2.24, 2.45) is 13.0 Å². The van der Waals surface area contributed by atoms with E-state index in [-0.39, 0.29) is 29.4 Å². The maximum atomic E-state index is 13.2. The second-order valence-corrected chi connectivity index (χ2v) is 8.77. The quantitative estimate of drug-likeness (QED) is 0.591. The van der Waals surface area contributed by atoms with E-state index in [2.05, 4.69) is 13.8 Å². The largest absolute Gasteiger partial charge is 0.353 e. The van der Waals surface area contributed by atoms with Crippen LogP contribution in [0.15, 0.2) is 36.5 Å². The third kappa shape index (κ3) is 6.25. The van der Waals surface area contributed by atoms with Crippen LogP contribution in [0.2, 0.25) is 10.0 Å². The minimum absolute atomic E-state index is 0.00734. The summed E-state index contributed by atoms with van der Waals surface area (Å²) < 4.78 is 2.00. The summed E-state index contributed by atoms with van der Waals surface area (Å²) in [5, 5.41) is 0.743. The van der Waals surface area contributed by atoms with Crippen LogP contribution in [0.25, 0.3) is 0 Å². The lowest BCUT2D eigenvalue weighted by Crippen LogP contribution is -2.46. The summed E-state index contributed by atoms with van der Waals surface area (Å²) in [6.45, 7) is 9.03. The molecule has 0 bridgehead atoms. The number of halogens is 2. The highest BCUT2D eigenvalue weighted by Crippen LogP contribution is 2.23. The summed E-state index contributed by atoms with van der Waals surface area (Å²) in [4.78, 5) is 29.6. The Balaban J connectivity index is 2.22. The maximum absolute atomic E-state index is 13.2. The second-order valence-electron chi connectivity index (χ2n) is 7.93. The molecular weight excluding hydrogens is 409 g/mol. The minimum atomic E-state index is -0.279. The predicted molar refractivity (Wildman–Crippen MR) is 118 cm³/mol. The van der Waals surface area contributed by atoms with Gasteiger partial charge >= 0.3 is 0 Å². The Kier molecular flexibility index (Phi) is 8.17. The van der Waals surface area contributed by atoms with Gasteiger partial charge in [0, 0.05) is 36.5 Å². The summed E-state index contributed by atoms with van der Waals surface area (Å²) in [6, 6.07) is 8.56. The fraction of sp³-hybridized carbons (Fsp3) is 0.455. The van der Waals surface area contributed by atoms with E-state index in [0.717, 1.165) is 5.69 Å². The highest BCUT2D eigenvalue weighted by Gasteiger charge is 2.26. The van der Waals surface area contributed by atoms with Gasteiger partial charge in [-0.15, -0.1) is 0 Å². The minimum Gasteiger partial charge on any atom is -0.353 e. The van der Waals surface area contributed by atoms with Crippen molar-refractivity contribution in [1.29, 1.82) is 0 Å². The van der Waals surface area contributed by atoms with Crippen molar-refractivity contribution in [3.8, 4) is 0 Å². The standard InChI is InChI=1S/C22H29Cl2N3O2/c1-15(2)12-26(13-18-7-6-10-25(18)5)21(28)14-27(16(3)4)22(29)19-9-8-17(23)11-20(19)24/h6-11,15-16H,12-14H2,1-5H3. The summed E-state index contributed by atoms with van der Waals surface area (Å²) in [6.07, 6.45) is 1.96. The summed E-state index contributed by atoms with van der Waals surface area (Å²) >= 11 is 12.2. The first-order valence-electron chi connectivity index (χ1n) is 9.74. The lowest BCUT2D eigenvalue weighted by molar-refractivity contribution is -0.133. The van der Waals surface area contributed by atoms with Gasteiger partial charge in [-0.1, -0.05) is 37.0 Å². The Morgan fingerprint density at radius 3 is 2.31 bits per heavy atom. The number of hydrogen-bond acceptors (Lipinski definition) is 2. The van der Waals surface area contributed by atoms with Crippen LogP contribution in [0.5, 0.6) is 0 Å². The van der Waals surface area contributed by atoms with Crippen LogP contribution in [-0.2, 0) is 18.4 Å². The zero-order valence-corrected chi connectivity index (χ0v) is 19.2. The van der Waals surface area contributed by atoms with E-state index in [1.165, 1.54) is 6.07 Å². The Bertz CT molecular complexity index is 861. The average Bonchev–Trinajstić information content (AvgIpc) is 3.02. The molecule has 0 saturated heterocycles. The van der Waals surface area contributed by atoms with Gasteiger partial charge < -0.3 is 14.4 Å². The van der Waals surface area contributed by atoms with Crippen LogP contribution in [0.4, 0.5) is 0 Å². The van der Waals surface area contributed by atoms with Crippen molar-refractivity contribution in [2.45, 2.75) is 40.3 Å². The number of benzene rings is 1. The molecule has 1 heterocycles. The van der Waals surface area contributed by atoms with Gasteiger partial charge in [-0.2, -0.15) is 0 Å². The van der Waals surface area contributed by atoms with Crippen LogP contribution in [0.3, 0.4) is 0 Å². The molecular formula is C22H29Cl2N3O2. The highest BCUT2D eigenvalue weighted by molar-refractivity contribution is 6.36. The molecule has 0 aliphatic rings. The second kappa shape index (κ2) is 10.2. The van der Waals surface area contributed by atoms with Crippen molar-refractivity contribution in [3.05, 3.63) is 57.8 Å². The molecule has 2 amide bonds. The van der Waals surface area contributed by atoms with Gasteiger partial charge in [-0.3, -0.25) is 9.59 Å². The lowest BCUT2D eigenvalue weighted by atomic mass is 10.1. The Morgan fingerprint density at radius 2 is 1.79 bits per heavy atom. The van der Waals surface area contributed by atoms with E-state index in [9.17, 15) is 9.59 Å². The Labute approximate surface area is 183 Å². The first-order chi connectivity index (χ1) is 13.6. The maximum Gasteiger partial charge on any atom is 0.256 e. The van der Waals surface area contributed by atoms with Crippen molar-refractivity contribution < 1.29 is 9.59 Å². The lowest BCUT2D eigenvalue weighted by Gasteiger charge is -2.31. The highest BCUT2D eigenvalue weighted by atomic mass is 35.5. The molecule has 0 spiro atoms. The van der Waals surface area contributed by atoms with Gasteiger partial charge in [0.1, 0.15) is 6.54 Å². The zero-order valence-electron chi connectivity index (χ0n) is 17.7. The van der Waals surface area contributed by atoms with Crippen molar-refractivity contribution in [2.75, 3.05) is 13.1 Å². The smallest absolute Gasteiger partial charge is 0.256 e. The van der Waals surface area contributed by atoms with E-state index in [1.54, 1.807) is 17.0 Å². The molecule has 0 unspecified atom stereocenters. The van der Waals surface area contributed by atoms with Crippen LogP contribution >= 0.6 is 23.2 Å². The van der Waals surface area contributed by atoms with E-state index in [0.29, 0.717) is 29.6 Å². The summed E-state index contributed by atoms with van der Waals surface area (Å²) in [5.41, 5.74) is 1.39. The van der Waals surface area contributed by atoms with Gasteiger partial charge in [-0.25, -0.2) is 0 Å². The van der Waals surface area contributed by atoms with E-state index < -0.39 is 0 Å². The van der Waals surface area contributed by atoms with E-state index in [1.807, 2.05) is 48.7 Å². The Morgan fingerprint density at radius 1 is 1.10 bits per heavy atom. The fourth-order valence-corrected chi connectivity index (χ4v) is 3.59. The van der Waals surface area contributed by atoms with Crippen molar-refractivity contribution in [3.63, 3.8) is 0 Å². The third-order valence-electron chi connectivity index (χ3n) is 4.69. The predicted octanol–water partition coefficient (Wildman–Crippen LogP) is 4.87. The molecule has 2 rings (SSSR count). The van der Waals surface area contributed by atoms with Crippen LogP contribution in [0.1, 0.15) is 43.7 Å². The molecule has 7 heteroatoms. The van der Waals surface area contributed by atoms with Crippen molar-refractivity contribution >= 4 is 35.0 Å². The van der Waals surface area contributed by atoms with Crippen LogP contribution in [0, 0.1) is 5.92 Å². The number of hydrogen-bond donors (Lipinski definition) is 0. The molecule has 29 heavy (non-hydrogen) atoms. The van der Waals surface area contributed by atoms with Gasteiger partial charge in [-0.05, 0) is 50.1 Å². The van der Waals surface area contributed by atoms with Gasteiger partial charge in [0.25, 0.3) is 5.91 Å². The van der Waals surface area contributed by atoms with Crippen LogP contribution in [-0.4, -0.2) is 45.3 Å². The first kappa shape index (κ1) is 23.3. The molecule has 0 aliphatic heterocycles. The molecule has 0 aliphatic carbocycles. The molecule has 1 aromatic carbocycles. The number of rotatable bonds is 8. The average molecular weight is 438 g/mol. The third-order valence-corrected chi connectivity index (χ3v) is 5.24. The van der Waals surface area contributed by atoms with Crippen LogP contribution < -0.4 is 0 Å². The van der Waals surface area contributed by atoms with Gasteiger partial charge in [0.2, 0.25) is 5.91 Å². The number of aryl methyl sites for hydroxylation is 1. The number of carbonyl (C=O) groups excluding carboxylic acids is 2. The molecule has 0 fully saturated rings. The summed E-state index contributed by atoms with van der Waals surface area (Å²) in [7, 11) is 1.96. The monoisotopic (exact) mass is 437 g/mol. The molecule has 0 N–H and O–H groups in total. The molecule has 0 atom stereocenters. The molecule has 0 saturated carbocycles. The molecule has 2 aromatic rings. The molecule has 158 valence electrons. The fourth-order valence-electron chi connectivity index (χ4n) is 3.10. The number of nitrogens with zero attached hydrogens (tertiary/aromatic N) is 3. The van der Waals surface area contributed by atoms with Gasteiger partial charge in [0.15, 0.2) is 0 Å². The number of aromatic nitrogens is 1.